The monoisotopic (exact) mass is 370 g/mol. The maximum atomic E-state index is 11.9. The van der Waals surface area contributed by atoms with Crippen molar-refractivity contribution in [3.8, 4) is 11.5 Å². The highest BCUT2D eigenvalue weighted by atomic mass is 32.1. The molecule has 0 spiro atoms. The summed E-state index contributed by atoms with van der Waals surface area (Å²) in [7, 11) is 0. The molecule has 2 aromatic heterocycles. The van der Waals surface area contributed by atoms with E-state index in [1.165, 1.54) is 27.9 Å². The molecule has 0 radical (unpaired) electrons. The molecule has 8 heteroatoms. The number of fused-ring (bicyclic) bond motifs is 2. The minimum Gasteiger partial charge on any atom is -0.486 e. The second-order valence-corrected chi connectivity index (χ2v) is 6.36. The van der Waals surface area contributed by atoms with Gasteiger partial charge in [-0.05, 0) is 23.8 Å². The number of nitrogens with zero attached hydrogens (tertiary/aromatic N) is 2. The number of rotatable bonds is 4. The summed E-state index contributed by atoms with van der Waals surface area (Å²) in [6, 6.07) is 6.78. The van der Waals surface area contributed by atoms with Crippen molar-refractivity contribution in [3.05, 3.63) is 63.5 Å². The minimum absolute atomic E-state index is 0.0616. The third kappa shape index (κ3) is 3.45. The molecule has 1 aliphatic rings. The van der Waals surface area contributed by atoms with E-state index in [1.807, 2.05) is 6.07 Å². The molecule has 3 aromatic rings. The van der Waals surface area contributed by atoms with Gasteiger partial charge in [-0.2, -0.15) is 0 Å². The van der Waals surface area contributed by atoms with Crippen molar-refractivity contribution in [2.45, 2.75) is 6.61 Å². The topological polar surface area (TPSA) is 79.1 Å². The molecule has 0 fully saturated rings. The highest BCUT2D eigenvalue weighted by Crippen LogP contribution is 2.31. The van der Waals surface area contributed by atoms with E-state index in [1.54, 1.807) is 29.8 Å². The lowest BCUT2D eigenvalue weighted by Gasteiger charge is -2.18. The molecule has 0 aliphatic carbocycles. The van der Waals surface area contributed by atoms with Gasteiger partial charge in [-0.25, -0.2) is 9.78 Å². The number of thiazole rings is 1. The molecule has 0 amide bonds. The number of carbonyl (C=O) groups excluding carboxylic acids is 1. The first-order chi connectivity index (χ1) is 12.7. The standard InChI is InChI=1S/C18H14N2O5S/c21-16-10-13(19-18-20(16)5-8-26-18)11-25-17(22)4-2-12-1-3-14-15(9-12)24-7-6-23-14/h1-5,8-10H,6-7,11H2. The molecule has 0 N–H and O–H groups in total. The molecule has 26 heavy (non-hydrogen) atoms. The van der Waals surface area contributed by atoms with Crippen LogP contribution in [0.2, 0.25) is 0 Å². The molecule has 0 bridgehead atoms. The van der Waals surface area contributed by atoms with Crippen LogP contribution in [0.5, 0.6) is 11.5 Å². The highest BCUT2D eigenvalue weighted by Gasteiger charge is 2.11. The lowest BCUT2D eigenvalue weighted by Crippen LogP contribution is -2.15. The Bertz CT molecular complexity index is 1050. The van der Waals surface area contributed by atoms with E-state index in [-0.39, 0.29) is 12.2 Å². The Kier molecular flexibility index (Phi) is 4.40. The third-order valence-corrected chi connectivity index (χ3v) is 4.45. The van der Waals surface area contributed by atoms with Gasteiger partial charge in [0, 0.05) is 23.7 Å². The van der Waals surface area contributed by atoms with Crippen molar-refractivity contribution in [1.29, 1.82) is 0 Å². The van der Waals surface area contributed by atoms with Crippen LogP contribution in [0.4, 0.5) is 0 Å². The van der Waals surface area contributed by atoms with Crippen LogP contribution >= 0.6 is 11.3 Å². The van der Waals surface area contributed by atoms with Crippen molar-refractivity contribution in [2.24, 2.45) is 0 Å². The lowest BCUT2D eigenvalue weighted by molar-refractivity contribution is -0.139. The molecule has 7 nitrogen and oxygen atoms in total. The van der Waals surface area contributed by atoms with Crippen LogP contribution in [0.25, 0.3) is 11.0 Å². The van der Waals surface area contributed by atoms with Crippen LogP contribution < -0.4 is 15.0 Å². The van der Waals surface area contributed by atoms with Gasteiger partial charge in [-0.1, -0.05) is 6.07 Å². The Balaban J connectivity index is 1.40. The second kappa shape index (κ2) is 7.01. The summed E-state index contributed by atoms with van der Waals surface area (Å²) in [6.45, 7) is 0.973. The van der Waals surface area contributed by atoms with E-state index in [0.29, 0.717) is 35.4 Å². The SMILES string of the molecule is O=C(C=Cc1ccc2c(c1)OCCO2)OCc1cc(=O)n2ccsc2n1. The average molecular weight is 370 g/mol. The number of carbonyl (C=O) groups is 1. The molecule has 0 saturated heterocycles. The van der Waals surface area contributed by atoms with E-state index in [9.17, 15) is 9.59 Å². The predicted octanol–water partition coefficient (Wildman–Crippen LogP) is 2.28. The number of benzene rings is 1. The van der Waals surface area contributed by atoms with Gasteiger partial charge in [0.05, 0.1) is 5.69 Å². The Labute approximate surface area is 152 Å². The summed E-state index contributed by atoms with van der Waals surface area (Å²) < 4.78 is 17.6. The molecule has 0 unspecified atom stereocenters. The first kappa shape index (κ1) is 16.3. The van der Waals surface area contributed by atoms with E-state index >= 15 is 0 Å². The summed E-state index contributed by atoms with van der Waals surface area (Å²) in [5, 5.41) is 1.77. The summed E-state index contributed by atoms with van der Waals surface area (Å²) >= 11 is 1.34. The van der Waals surface area contributed by atoms with Gasteiger partial charge in [-0.3, -0.25) is 9.20 Å². The number of ether oxygens (including phenoxy) is 3. The number of esters is 1. The zero-order chi connectivity index (χ0) is 17.9. The fourth-order valence-corrected chi connectivity index (χ4v) is 3.22. The zero-order valence-corrected chi connectivity index (χ0v) is 14.4. The molecule has 1 aromatic carbocycles. The van der Waals surface area contributed by atoms with Crippen LogP contribution in [0.3, 0.4) is 0 Å². The Morgan fingerprint density at radius 2 is 2.12 bits per heavy atom. The van der Waals surface area contributed by atoms with Crippen molar-refractivity contribution >= 4 is 28.3 Å². The van der Waals surface area contributed by atoms with Crippen molar-refractivity contribution in [3.63, 3.8) is 0 Å². The Morgan fingerprint density at radius 3 is 3.00 bits per heavy atom. The van der Waals surface area contributed by atoms with Crippen molar-refractivity contribution in [1.82, 2.24) is 9.38 Å². The third-order valence-electron chi connectivity index (χ3n) is 3.70. The molecule has 0 atom stereocenters. The van der Waals surface area contributed by atoms with Crippen LogP contribution in [-0.4, -0.2) is 28.6 Å². The van der Waals surface area contributed by atoms with Gasteiger partial charge >= 0.3 is 5.97 Å². The fraction of sp³-hybridized carbons (Fsp3) is 0.167. The highest BCUT2D eigenvalue weighted by molar-refractivity contribution is 7.15. The van der Waals surface area contributed by atoms with Gasteiger partial charge in [-0.15, -0.1) is 11.3 Å². The van der Waals surface area contributed by atoms with Gasteiger partial charge < -0.3 is 14.2 Å². The van der Waals surface area contributed by atoms with Crippen molar-refractivity contribution < 1.29 is 19.0 Å². The van der Waals surface area contributed by atoms with E-state index in [2.05, 4.69) is 4.98 Å². The lowest BCUT2D eigenvalue weighted by atomic mass is 10.2. The summed E-state index contributed by atoms with van der Waals surface area (Å²) in [4.78, 5) is 28.6. The number of hydrogen-bond acceptors (Lipinski definition) is 7. The fourth-order valence-electron chi connectivity index (χ4n) is 2.48. The maximum Gasteiger partial charge on any atom is 0.331 e. The van der Waals surface area contributed by atoms with Crippen LogP contribution in [-0.2, 0) is 16.1 Å². The van der Waals surface area contributed by atoms with Gasteiger partial charge in [0.2, 0.25) is 0 Å². The Morgan fingerprint density at radius 1 is 1.27 bits per heavy atom. The van der Waals surface area contributed by atoms with Crippen LogP contribution in [0.1, 0.15) is 11.3 Å². The summed E-state index contributed by atoms with van der Waals surface area (Å²) in [5.41, 5.74) is 1.01. The second-order valence-electron chi connectivity index (χ2n) is 5.49. The van der Waals surface area contributed by atoms with E-state index in [0.717, 1.165) is 5.56 Å². The molecule has 3 heterocycles. The molecule has 132 valence electrons. The first-order valence-corrected chi connectivity index (χ1v) is 8.77. The minimum atomic E-state index is -0.520. The number of hydrogen-bond donors (Lipinski definition) is 0. The van der Waals surface area contributed by atoms with E-state index in [4.69, 9.17) is 14.2 Å². The molecular weight excluding hydrogens is 356 g/mol. The smallest absolute Gasteiger partial charge is 0.331 e. The number of aromatic nitrogens is 2. The van der Waals surface area contributed by atoms with Gasteiger partial charge in [0.25, 0.3) is 5.56 Å². The predicted molar refractivity (Wildman–Crippen MR) is 95.6 cm³/mol. The summed E-state index contributed by atoms with van der Waals surface area (Å²) in [6.07, 6.45) is 4.61. The van der Waals surface area contributed by atoms with Crippen molar-refractivity contribution in [2.75, 3.05) is 13.2 Å². The molecule has 1 aliphatic heterocycles. The normalized spacial score (nSPS) is 13.2. The van der Waals surface area contributed by atoms with Gasteiger partial charge in [0.1, 0.15) is 19.8 Å². The first-order valence-electron chi connectivity index (χ1n) is 7.89. The average Bonchev–Trinajstić information content (AvgIpc) is 3.14. The quantitative estimate of drug-likeness (QED) is 0.518. The largest absolute Gasteiger partial charge is 0.486 e. The van der Waals surface area contributed by atoms with Crippen LogP contribution in [0, 0.1) is 0 Å². The van der Waals surface area contributed by atoms with Gasteiger partial charge in [0.15, 0.2) is 16.5 Å². The van der Waals surface area contributed by atoms with Crippen LogP contribution in [0.15, 0.2) is 46.7 Å². The summed E-state index contributed by atoms with van der Waals surface area (Å²) in [5.74, 6) is 0.825. The Hall–Kier alpha value is -3.13. The zero-order valence-electron chi connectivity index (χ0n) is 13.6. The van der Waals surface area contributed by atoms with E-state index < -0.39 is 5.97 Å². The maximum absolute atomic E-state index is 11.9. The molecule has 4 rings (SSSR count). The molecule has 0 saturated carbocycles. The molecular formula is C18H14N2O5S.